The second-order valence-electron chi connectivity index (χ2n) is 9.45. The predicted molar refractivity (Wildman–Crippen MR) is 131 cm³/mol. The van der Waals surface area contributed by atoms with E-state index in [1.54, 1.807) is 17.0 Å². The Hall–Kier alpha value is -2.67. The minimum Gasteiger partial charge on any atom is -0.354 e. The number of fused-ring (bicyclic) bond motifs is 1. The molecule has 1 N–H and O–H groups in total. The van der Waals surface area contributed by atoms with E-state index in [2.05, 4.69) is 5.32 Å². The maximum absolute atomic E-state index is 13.4. The van der Waals surface area contributed by atoms with Crippen LogP contribution in [0.1, 0.15) is 52.0 Å². The predicted octanol–water partition coefficient (Wildman–Crippen LogP) is 3.56. The third kappa shape index (κ3) is 6.06. The monoisotopic (exact) mass is 487 g/mol. The molecule has 0 saturated carbocycles. The molecule has 184 valence electrons. The zero-order valence-electron chi connectivity index (χ0n) is 20.1. The highest BCUT2D eigenvalue weighted by molar-refractivity contribution is 6.30. The lowest BCUT2D eigenvalue weighted by atomic mass is 9.85. The van der Waals surface area contributed by atoms with Crippen molar-refractivity contribution in [2.75, 3.05) is 13.1 Å². The smallest absolute Gasteiger partial charge is 0.242 e. The number of carbonyl (C=O) groups excluding carboxylic acids is 4. The van der Waals surface area contributed by atoms with Crippen molar-refractivity contribution in [2.45, 2.75) is 59.0 Å². The first-order chi connectivity index (χ1) is 16.2. The van der Waals surface area contributed by atoms with Gasteiger partial charge in [0.15, 0.2) is 0 Å². The molecule has 3 atom stereocenters. The van der Waals surface area contributed by atoms with Gasteiger partial charge in [-0.25, -0.2) is 0 Å². The number of halogens is 1. The van der Waals surface area contributed by atoms with Gasteiger partial charge in [0, 0.05) is 31.1 Å². The van der Waals surface area contributed by atoms with E-state index in [1.165, 1.54) is 4.90 Å². The standard InChI is InChI=1S/C26H34ClN3O4/c1-4-22(24(32)28-15-17(2)3)30(16-18-9-11-19(27)12-10-18)23(31)13-14-29-25(33)20-7-5-6-8-21(20)26(29)34/h5-6,9-12,17,20-22H,4,7-8,13-16H2,1-3H3,(H,28,32)/t20-,21+,22-/m1/s1. The molecule has 34 heavy (non-hydrogen) atoms. The van der Waals surface area contributed by atoms with Crippen LogP contribution in [0.3, 0.4) is 0 Å². The average Bonchev–Trinajstić information content (AvgIpc) is 3.07. The molecular formula is C26H34ClN3O4. The molecule has 7 nitrogen and oxygen atoms in total. The van der Waals surface area contributed by atoms with Gasteiger partial charge in [0.2, 0.25) is 23.6 Å². The van der Waals surface area contributed by atoms with Gasteiger partial charge in [0.1, 0.15) is 6.04 Å². The molecule has 0 spiro atoms. The van der Waals surface area contributed by atoms with Gasteiger partial charge in [-0.15, -0.1) is 0 Å². The molecule has 2 aliphatic rings. The van der Waals surface area contributed by atoms with Gasteiger partial charge in [-0.3, -0.25) is 24.1 Å². The number of carbonyl (C=O) groups is 4. The molecular weight excluding hydrogens is 454 g/mol. The van der Waals surface area contributed by atoms with E-state index in [0.717, 1.165) is 5.56 Å². The summed E-state index contributed by atoms with van der Waals surface area (Å²) in [7, 11) is 0. The van der Waals surface area contributed by atoms with Crippen LogP contribution >= 0.6 is 11.6 Å². The summed E-state index contributed by atoms with van der Waals surface area (Å²) in [6.07, 6.45) is 5.44. The number of benzene rings is 1. The van der Waals surface area contributed by atoms with Crippen molar-refractivity contribution in [1.29, 1.82) is 0 Å². The second-order valence-corrected chi connectivity index (χ2v) is 9.88. The maximum Gasteiger partial charge on any atom is 0.242 e. The maximum atomic E-state index is 13.4. The summed E-state index contributed by atoms with van der Waals surface area (Å²) in [5.74, 6) is -1.21. The van der Waals surface area contributed by atoms with Crippen molar-refractivity contribution < 1.29 is 19.2 Å². The van der Waals surface area contributed by atoms with Gasteiger partial charge >= 0.3 is 0 Å². The van der Waals surface area contributed by atoms with E-state index in [4.69, 9.17) is 11.6 Å². The Labute approximate surface area is 206 Å². The Morgan fingerprint density at radius 3 is 2.21 bits per heavy atom. The molecule has 1 aliphatic heterocycles. The summed E-state index contributed by atoms with van der Waals surface area (Å²) in [4.78, 5) is 54.7. The molecule has 1 aromatic rings. The van der Waals surface area contributed by atoms with Gasteiger partial charge in [0.05, 0.1) is 11.8 Å². The lowest BCUT2D eigenvalue weighted by Crippen LogP contribution is -2.50. The van der Waals surface area contributed by atoms with Crippen LogP contribution in [-0.4, -0.2) is 52.6 Å². The van der Waals surface area contributed by atoms with Crippen molar-refractivity contribution in [3.05, 3.63) is 47.0 Å². The minimum atomic E-state index is -0.654. The first kappa shape index (κ1) is 25.9. The zero-order chi connectivity index (χ0) is 24.8. The number of likely N-dealkylation sites (tertiary alicyclic amines) is 1. The van der Waals surface area contributed by atoms with E-state index < -0.39 is 6.04 Å². The van der Waals surface area contributed by atoms with E-state index >= 15 is 0 Å². The van der Waals surface area contributed by atoms with Crippen molar-refractivity contribution >= 4 is 35.2 Å². The number of imide groups is 1. The van der Waals surface area contributed by atoms with Gasteiger partial charge < -0.3 is 10.2 Å². The summed E-state index contributed by atoms with van der Waals surface area (Å²) >= 11 is 6.01. The number of allylic oxidation sites excluding steroid dienone is 2. The third-order valence-corrected chi connectivity index (χ3v) is 6.74. The third-order valence-electron chi connectivity index (χ3n) is 6.48. The van der Waals surface area contributed by atoms with Gasteiger partial charge in [0.25, 0.3) is 0 Å². The molecule has 1 heterocycles. The molecule has 0 radical (unpaired) electrons. The Bertz CT molecular complexity index is 918. The van der Waals surface area contributed by atoms with Crippen LogP contribution in [0.15, 0.2) is 36.4 Å². The van der Waals surface area contributed by atoms with Crippen molar-refractivity contribution in [2.24, 2.45) is 17.8 Å². The van der Waals surface area contributed by atoms with Crippen molar-refractivity contribution in [1.82, 2.24) is 15.1 Å². The quantitative estimate of drug-likeness (QED) is 0.404. The van der Waals surface area contributed by atoms with Crippen molar-refractivity contribution in [3.8, 4) is 0 Å². The van der Waals surface area contributed by atoms with Crippen LogP contribution in [-0.2, 0) is 25.7 Å². The number of hydrogen-bond donors (Lipinski definition) is 1. The second kappa shape index (κ2) is 11.6. The first-order valence-electron chi connectivity index (χ1n) is 12.0. The highest BCUT2D eigenvalue weighted by atomic mass is 35.5. The minimum absolute atomic E-state index is 0.0219. The van der Waals surface area contributed by atoms with E-state index in [9.17, 15) is 19.2 Å². The number of nitrogens with zero attached hydrogens (tertiary/aromatic N) is 2. The van der Waals surface area contributed by atoms with E-state index in [1.807, 2.05) is 45.1 Å². The number of nitrogens with one attached hydrogen (secondary N) is 1. The SMILES string of the molecule is CC[C@H](C(=O)NCC(C)C)N(Cc1ccc(Cl)cc1)C(=O)CCN1C(=O)[C@H]2CC=CC[C@H]2C1=O. The summed E-state index contributed by atoms with van der Waals surface area (Å²) in [5, 5.41) is 3.52. The molecule has 1 fully saturated rings. The van der Waals surface area contributed by atoms with E-state index in [-0.39, 0.29) is 60.9 Å². The Morgan fingerprint density at radius 2 is 1.68 bits per heavy atom. The molecule has 0 bridgehead atoms. The molecule has 1 aliphatic carbocycles. The lowest BCUT2D eigenvalue weighted by Gasteiger charge is -2.31. The zero-order valence-corrected chi connectivity index (χ0v) is 20.9. The molecule has 0 aromatic heterocycles. The lowest BCUT2D eigenvalue weighted by molar-refractivity contribution is -0.144. The van der Waals surface area contributed by atoms with Crippen LogP contribution in [0.25, 0.3) is 0 Å². The Balaban J connectivity index is 1.74. The topological polar surface area (TPSA) is 86.8 Å². The Kier molecular flexibility index (Phi) is 8.89. The van der Waals surface area contributed by atoms with E-state index in [0.29, 0.717) is 30.8 Å². The molecule has 1 aromatic carbocycles. The van der Waals surface area contributed by atoms with Crippen LogP contribution in [0.5, 0.6) is 0 Å². The largest absolute Gasteiger partial charge is 0.354 e. The highest BCUT2D eigenvalue weighted by Gasteiger charge is 2.47. The summed E-state index contributed by atoms with van der Waals surface area (Å²) in [5.41, 5.74) is 0.846. The number of amides is 4. The van der Waals surface area contributed by atoms with Crippen LogP contribution in [0.2, 0.25) is 5.02 Å². The fraction of sp³-hybridized carbons (Fsp3) is 0.538. The van der Waals surface area contributed by atoms with Crippen LogP contribution < -0.4 is 5.32 Å². The molecule has 4 amide bonds. The summed E-state index contributed by atoms with van der Waals surface area (Å²) < 4.78 is 0. The van der Waals surface area contributed by atoms with Crippen LogP contribution in [0, 0.1) is 17.8 Å². The fourth-order valence-electron chi connectivity index (χ4n) is 4.57. The van der Waals surface area contributed by atoms with Crippen LogP contribution in [0.4, 0.5) is 0 Å². The first-order valence-corrected chi connectivity index (χ1v) is 12.4. The normalized spacial score (nSPS) is 20.4. The van der Waals surface area contributed by atoms with Crippen molar-refractivity contribution in [3.63, 3.8) is 0 Å². The molecule has 1 saturated heterocycles. The fourth-order valence-corrected chi connectivity index (χ4v) is 4.69. The van der Waals surface area contributed by atoms with Gasteiger partial charge in [-0.2, -0.15) is 0 Å². The molecule has 8 heteroatoms. The van der Waals surface area contributed by atoms with Gasteiger partial charge in [-0.05, 0) is 42.9 Å². The molecule has 0 unspecified atom stereocenters. The summed E-state index contributed by atoms with van der Waals surface area (Å²) in [6, 6.07) is 6.49. The average molecular weight is 488 g/mol. The molecule has 3 rings (SSSR count). The highest BCUT2D eigenvalue weighted by Crippen LogP contribution is 2.35. The Morgan fingerprint density at radius 1 is 1.09 bits per heavy atom. The number of hydrogen-bond acceptors (Lipinski definition) is 4. The summed E-state index contributed by atoms with van der Waals surface area (Å²) in [6.45, 7) is 6.67. The van der Waals surface area contributed by atoms with Gasteiger partial charge in [-0.1, -0.05) is 56.7 Å². The number of rotatable bonds is 10.